The fourth-order valence-corrected chi connectivity index (χ4v) is 2.15. The molecule has 1 aliphatic heterocycles. The van der Waals surface area contributed by atoms with Crippen LogP contribution in [0.15, 0.2) is 18.2 Å². The van der Waals surface area contributed by atoms with Crippen molar-refractivity contribution in [3.05, 3.63) is 23.8 Å². The Labute approximate surface area is 96.5 Å². The molecule has 16 heavy (non-hydrogen) atoms. The summed E-state index contributed by atoms with van der Waals surface area (Å²) in [6, 6.07) is 6.34. The second-order valence-electron chi connectivity index (χ2n) is 4.46. The van der Waals surface area contributed by atoms with Crippen molar-refractivity contribution in [2.24, 2.45) is 0 Å². The average Bonchev–Trinajstić information content (AvgIpc) is 2.49. The number of aldehydes is 1. The highest BCUT2D eigenvalue weighted by molar-refractivity contribution is 5.82. The molecule has 0 spiro atoms. The van der Waals surface area contributed by atoms with Crippen molar-refractivity contribution >= 4 is 17.7 Å². The lowest BCUT2D eigenvalue weighted by molar-refractivity contribution is 0.112. The second-order valence-corrected chi connectivity index (χ2v) is 4.46. The lowest BCUT2D eigenvalue weighted by Crippen LogP contribution is -2.31. The van der Waals surface area contributed by atoms with Gasteiger partial charge in [0.2, 0.25) is 0 Å². The molecule has 86 valence electrons. The van der Waals surface area contributed by atoms with Crippen molar-refractivity contribution in [3.8, 4) is 0 Å². The SMILES string of the molecule is CC(C)N1CCCNc2cc(C=O)ccc21. The van der Waals surface area contributed by atoms with Gasteiger partial charge in [-0.25, -0.2) is 0 Å². The van der Waals surface area contributed by atoms with Crippen molar-refractivity contribution in [2.45, 2.75) is 26.3 Å². The average molecular weight is 218 g/mol. The van der Waals surface area contributed by atoms with E-state index in [0.29, 0.717) is 6.04 Å². The number of nitrogens with one attached hydrogen (secondary N) is 1. The van der Waals surface area contributed by atoms with E-state index in [0.717, 1.165) is 37.0 Å². The molecule has 0 atom stereocenters. The Bertz CT molecular complexity index is 388. The van der Waals surface area contributed by atoms with Crippen LogP contribution in [0.3, 0.4) is 0 Å². The molecule has 0 radical (unpaired) electrons. The Morgan fingerprint density at radius 1 is 1.44 bits per heavy atom. The monoisotopic (exact) mass is 218 g/mol. The van der Waals surface area contributed by atoms with Gasteiger partial charge in [-0.3, -0.25) is 4.79 Å². The van der Waals surface area contributed by atoms with Gasteiger partial charge in [-0.2, -0.15) is 0 Å². The van der Waals surface area contributed by atoms with Crippen LogP contribution in [0.1, 0.15) is 30.6 Å². The fraction of sp³-hybridized carbons (Fsp3) is 0.462. The highest BCUT2D eigenvalue weighted by Crippen LogP contribution is 2.30. The third-order valence-corrected chi connectivity index (χ3v) is 2.98. The van der Waals surface area contributed by atoms with Crippen molar-refractivity contribution in [1.82, 2.24) is 0 Å². The Morgan fingerprint density at radius 2 is 2.25 bits per heavy atom. The second kappa shape index (κ2) is 4.56. The molecule has 0 aliphatic carbocycles. The van der Waals surface area contributed by atoms with E-state index in [1.165, 1.54) is 5.69 Å². The first kappa shape index (κ1) is 11.0. The highest BCUT2D eigenvalue weighted by atomic mass is 16.1. The number of anilines is 2. The van der Waals surface area contributed by atoms with Gasteiger partial charge >= 0.3 is 0 Å². The molecule has 1 aliphatic rings. The maximum atomic E-state index is 10.8. The number of hydrogen-bond acceptors (Lipinski definition) is 3. The van der Waals surface area contributed by atoms with E-state index in [1.54, 1.807) is 0 Å². The molecule has 0 unspecified atom stereocenters. The molecular weight excluding hydrogens is 200 g/mol. The van der Waals surface area contributed by atoms with Crippen molar-refractivity contribution in [2.75, 3.05) is 23.3 Å². The quantitative estimate of drug-likeness (QED) is 0.774. The summed E-state index contributed by atoms with van der Waals surface area (Å²) >= 11 is 0. The van der Waals surface area contributed by atoms with E-state index >= 15 is 0 Å². The summed E-state index contributed by atoms with van der Waals surface area (Å²) in [5.41, 5.74) is 3.02. The van der Waals surface area contributed by atoms with Crippen molar-refractivity contribution in [3.63, 3.8) is 0 Å². The van der Waals surface area contributed by atoms with Gasteiger partial charge < -0.3 is 10.2 Å². The highest BCUT2D eigenvalue weighted by Gasteiger charge is 2.17. The molecule has 0 aromatic heterocycles. The van der Waals surface area contributed by atoms with Gasteiger partial charge in [-0.1, -0.05) is 0 Å². The van der Waals surface area contributed by atoms with Gasteiger partial charge in [0.1, 0.15) is 6.29 Å². The maximum Gasteiger partial charge on any atom is 0.150 e. The van der Waals surface area contributed by atoms with Gasteiger partial charge in [-0.05, 0) is 38.5 Å². The summed E-state index contributed by atoms with van der Waals surface area (Å²) in [5, 5.41) is 3.38. The normalized spacial score (nSPS) is 15.3. The van der Waals surface area contributed by atoms with Crippen LogP contribution in [-0.4, -0.2) is 25.4 Å². The minimum Gasteiger partial charge on any atom is -0.383 e. The number of nitrogens with zero attached hydrogens (tertiary/aromatic N) is 1. The predicted octanol–water partition coefficient (Wildman–Crippen LogP) is 2.53. The number of carbonyl (C=O) groups excluding carboxylic acids is 1. The number of hydrogen-bond donors (Lipinski definition) is 1. The summed E-state index contributed by atoms with van der Waals surface area (Å²) in [5.74, 6) is 0. The zero-order valence-electron chi connectivity index (χ0n) is 9.86. The van der Waals surface area contributed by atoms with Gasteiger partial charge in [0.15, 0.2) is 0 Å². The van der Waals surface area contributed by atoms with E-state index in [9.17, 15) is 4.79 Å². The molecule has 2 rings (SSSR count). The minimum absolute atomic E-state index is 0.487. The summed E-state index contributed by atoms with van der Waals surface area (Å²) in [4.78, 5) is 13.1. The molecular formula is C13H18N2O. The topological polar surface area (TPSA) is 32.3 Å². The first-order chi connectivity index (χ1) is 7.72. The lowest BCUT2D eigenvalue weighted by atomic mass is 10.1. The van der Waals surface area contributed by atoms with Crippen LogP contribution < -0.4 is 10.2 Å². The predicted molar refractivity (Wildman–Crippen MR) is 67.4 cm³/mol. The lowest BCUT2D eigenvalue weighted by Gasteiger charge is -2.28. The van der Waals surface area contributed by atoms with Gasteiger partial charge in [0, 0.05) is 24.7 Å². The van der Waals surface area contributed by atoms with Crippen LogP contribution in [0.5, 0.6) is 0 Å². The molecule has 0 bridgehead atoms. The number of carbonyl (C=O) groups is 1. The molecule has 3 heteroatoms. The number of fused-ring (bicyclic) bond motifs is 1. The third-order valence-electron chi connectivity index (χ3n) is 2.98. The van der Waals surface area contributed by atoms with Gasteiger partial charge in [-0.15, -0.1) is 0 Å². The smallest absolute Gasteiger partial charge is 0.150 e. The van der Waals surface area contributed by atoms with Crippen LogP contribution in [0.25, 0.3) is 0 Å². The van der Waals surface area contributed by atoms with Crippen LogP contribution in [0.2, 0.25) is 0 Å². The Morgan fingerprint density at radius 3 is 2.94 bits per heavy atom. The van der Waals surface area contributed by atoms with E-state index in [1.807, 2.05) is 18.2 Å². The Hall–Kier alpha value is -1.51. The standard InChI is InChI=1S/C13H18N2O/c1-10(2)15-7-3-6-14-12-8-11(9-16)4-5-13(12)15/h4-5,8-10,14H,3,6-7H2,1-2H3. The molecule has 1 heterocycles. The van der Waals surface area contributed by atoms with Gasteiger partial charge in [0.05, 0.1) is 11.4 Å². The number of rotatable bonds is 2. The van der Waals surface area contributed by atoms with E-state index in [-0.39, 0.29) is 0 Å². The van der Waals surface area contributed by atoms with Crippen molar-refractivity contribution < 1.29 is 4.79 Å². The number of benzene rings is 1. The zero-order valence-corrected chi connectivity index (χ0v) is 9.86. The molecule has 1 N–H and O–H groups in total. The Balaban J connectivity index is 2.42. The molecule has 1 aromatic carbocycles. The van der Waals surface area contributed by atoms with Gasteiger partial charge in [0.25, 0.3) is 0 Å². The largest absolute Gasteiger partial charge is 0.383 e. The summed E-state index contributed by atoms with van der Waals surface area (Å²) in [6.07, 6.45) is 2.02. The van der Waals surface area contributed by atoms with Crippen molar-refractivity contribution in [1.29, 1.82) is 0 Å². The van der Waals surface area contributed by atoms with E-state index in [4.69, 9.17) is 0 Å². The Kier molecular flexibility index (Phi) is 3.13. The van der Waals surface area contributed by atoms with Crippen LogP contribution in [0, 0.1) is 0 Å². The first-order valence-corrected chi connectivity index (χ1v) is 5.82. The van der Waals surface area contributed by atoms with Crippen LogP contribution in [0.4, 0.5) is 11.4 Å². The fourth-order valence-electron chi connectivity index (χ4n) is 2.15. The molecule has 0 saturated heterocycles. The maximum absolute atomic E-state index is 10.8. The van der Waals surface area contributed by atoms with Crippen LogP contribution in [-0.2, 0) is 0 Å². The summed E-state index contributed by atoms with van der Waals surface area (Å²) < 4.78 is 0. The zero-order chi connectivity index (χ0) is 11.5. The molecule has 1 aromatic rings. The minimum atomic E-state index is 0.487. The molecule has 0 amide bonds. The van der Waals surface area contributed by atoms with E-state index in [2.05, 4.69) is 24.1 Å². The summed E-state index contributed by atoms with van der Waals surface area (Å²) in [7, 11) is 0. The first-order valence-electron chi connectivity index (χ1n) is 5.82. The third kappa shape index (κ3) is 2.03. The molecule has 0 saturated carbocycles. The summed E-state index contributed by atoms with van der Waals surface area (Å²) in [6.45, 7) is 6.43. The van der Waals surface area contributed by atoms with Crippen LogP contribution >= 0.6 is 0 Å². The molecule has 3 nitrogen and oxygen atoms in total. The van der Waals surface area contributed by atoms with E-state index < -0.39 is 0 Å². The molecule has 0 fully saturated rings.